The average molecular weight is 468 g/mol. The molecule has 1 aliphatic heterocycles. The molecule has 30 heavy (non-hydrogen) atoms. The van der Waals surface area contributed by atoms with Gasteiger partial charge in [-0.1, -0.05) is 18.2 Å². The fourth-order valence-corrected chi connectivity index (χ4v) is 7.20. The summed E-state index contributed by atoms with van der Waals surface area (Å²) in [6.07, 6.45) is 0. The molecular weight excluding hydrogens is 442 g/mol. The van der Waals surface area contributed by atoms with Crippen molar-refractivity contribution in [1.29, 1.82) is 0 Å². The number of amides is 2. The van der Waals surface area contributed by atoms with Gasteiger partial charge < -0.3 is 10.2 Å². The summed E-state index contributed by atoms with van der Waals surface area (Å²) in [5.41, 5.74) is 2.60. The van der Waals surface area contributed by atoms with Crippen molar-refractivity contribution in [2.45, 2.75) is 18.7 Å². The van der Waals surface area contributed by atoms with Crippen molar-refractivity contribution >= 4 is 50.6 Å². The SMILES string of the molecule is Cc1cccc(C)c1NC(=O)CN(C)C(=O)c1sccc1S(=O)(=O)N1CCSCC1. The van der Waals surface area contributed by atoms with Crippen LogP contribution in [-0.2, 0) is 14.8 Å². The average Bonchev–Trinajstić information content (AvgIpc) is 3.21. The van der Waals surface area contributed by atoms with Crippen LogP contribution >= 0.6 is 23.1 Å². The molecule has 0 spiro atoms. The van der Waals surface area contributed by atoms with Crippen molar-refractivity contribution in [2.24, 2.45) is 0 Å². The van der Waals surface area contributed by atoms with E-state index in [-0.39, 0.29) is 22.2 Å². The Labute approximate surface area is 185 Å². The number of likely N-dealkylation sites (N-methyl/N-ethyl adjacent to an activating group) is 1. The quantitative estimate of drug-likeness (QED) is 0.706. The lowest BCUT2D eigenvalue weighted by molar-refractivity contribution is -0.116. The van der Waals surface area contributed by atoms with Crippen LogP contribution in [0.5, 0.6) is 0 Å². The van der Waals surface area contributed by atoms with E-state index < -0.39 is 15.9 Å². The van der Waals surface area contributed by atoms with Gasteiger partial charge in [-0.2, -0.15) is 16.1 Å². The lowest BCUT2D eigenvalue weighted by Crippen LogP contribution is -2.39. The number of carbonyl (C=O) groups is 2. The molecule has 1 aliphatic rings. The molecule has 0 saturated carbocycles. The second-order valence-electron chi connectivity index (χ2n) is 7.11. The van der Waals surface area contributed by atoms with Gasteiger partial charge in [0.25, 0.3) is 5.91 Å². The molecule has 0 unspecified atom stereocenters. The number of aryl methyl sites for hydroxylation is 2. The highest BCUT2D eigenvalue weighted by molar-refractivity contribution is 7.99. The monoisotopic (exact) mass is 467 g/mol. The van der Waals surface area contributed by atoms with Gasteiger partial charge >= 0.3 is 0 Å². The van der Waals surface area contributed by atoms with Crippen LogP contribution in [0.15, 0.2) is 34.5 Å². The number of thiophene rings is 1. The van der Waals surface area contributed by atoms with E-state index in [0.717, 1.165) is 39.7 Å². The lowest BCUT2D eigenvalue weighted by atomic mass is 10.1. The van der Waals surface area contributed by atoms with Crippen LogP contribution in [0.3, 0.4) is 0 Å². The minimum absolute atomic E-state index is 0.0198. The molecule has 1 aromatic carbocycles. The van der Waals surface area contributed by atoms with Gasteiger partial charge in [-0.3, -0.25) is 9.59 Å². The summed E-state index contributed by atoms with van der Waals surface area (Å²) in [5, 5.41) is 4.45. The van der Waals surface area contributed by atoms with Crippen LogP contribution in [0.4, 0.5) is 5.69 Å². The third kappa shape index (κ3) is 4.88. The van der Waals surface area contributed by atoms with Gasteiger partial charge in [-0.25, -0.2) is 8.42 Å². The first-order valence-corrected chi connectivity index (χ1v) is 13.0. The Morgan fingerprint density at radius 2 is 1.77 bits per heavy atom. The molecule has 0 aliphatic carbocycles. The molecule has 162 valence electrons. The van der Waals surface area contributed by atoms with Crippen LogP contribution in [-0.4, -0.2) is 67.6 Å². The Balaban J connectivity index is 1.73. The highest BCUT2D eigenvalue weighted by Gasteiger charge is 2.32. The zero-order valence-corrected chi connectivity index (χ0v) is 19.6. The van der Waals surface area contributed by atoms with Gasteiger partial charge in [0.15, 0.2) is 0 Å². The molecule has 1 N–H and O–H groups in total. The Kier molecular flexibility index (Phi) is 7.22. The van der Waals surface area contributed by atoms with Gasteiger partial charge in [0, 0.05) is 37.3 Å². The zero-order chi connectivity index (χ0) is 21.9. The summed E-state index contributed by atoms with van der Waals surface area (Å²) in [7, 11) is -2.23. The second kappa shape index (κ2) is 9.51. The second-order valence-corrected chi connectivity index (χ2v) is 11.2. The Hall–Kier alpha value is -1.88. The molecule has 1 aromatic heterocycles. The van der Waals surface area contributed by atoms with E-state index in [0.29, 0.717) is 13.1 Å². The van der Waals surface area contributed by atoms with Gasteiger partial charge in [0.05, 0.1) is 6.54 Å². The van der Waals surface area contributed by atoms with Crippen molar-refractivity contribution in [2.75, 3.05) is 43.5 Å². The van der Waals surface area contributed by atoms with E-state index >= 15 is 0 Å². The molecule has 2 aromatic rings. The van der Waals surface area contributed by atoms with Crippen molar-refractivity contribution in [3.05, 3.63) is 45.6 Å². The predicted molar refractivity (Wildman–Crippen MR) is 122 cm³/mol. The first-order valence-electron chi connectivity index (χ1n) is 9.48. The molecular formula is C20H25N3O4S3. The number of thioether (sulfide) groups is 1. The van der Waals surface area contributed by atoms with Crippen molar-refractivity contribution < 1.29 is 18.0 Å². The molecule has 10 heteroatoms. The first-order chi connectivity index (χ1) is 14.2. The van der Waals surface area contributed by atoms with Gasteiger partial charge in [-0.15, -0.1) is 11.3 Å². The van der Waals surface area contributed by atoms with Crippen LogP contribution in [0, 0.1) is 13.8 Å². The Morgan fingerprint density at radius 1 is 1.13 bits per heavy atom. The molecule has 1 saturated heterocycles. The molecule has 2 heterocycles. The van der Waals surface area contributed by atoms with Gasteiger partial charge in [-0.05, 0) is 36.4 Å². The number of rotatable bonds is 6. The van der Waals surface area contributed by atoms with Crippen molar-refractivity contribution in [3.63, 3.8) is 0 Å². The van der Waals surface area contributed by atoms with E-state index in [1.807, 2.05) is 32.0 Å². The van der Waals surface area contributed by atoms with Crippen LogP contribution in [0.2, 0.25) is 0 Å². The highest BCUT2D eigenvalue weighted by Crippen LogP contribution is 2.28. The van der Waals surface area contributed by atoms with E-state index in [2.05, 4.69) is 5.32 Å². The molecule has 0 atom stereocenters. The van der Waals surface area contributed by atoms with Crippen molar-refractivity contribution in [3.8, 4) is 0 Å². The number of benzene rings is 1. The van der Waals surface area contributed by atoms with E-state index in [4.69, 9.17) is 0 Å². The third-order valence-corrected chi connectivity index (χ3v) is 8.80. The van der Waals surface area contributed by atoms with Crippen LogP contribution < -0.4 is 5.32 Å². The number of para-hydroxylation sites is 1. The lowest BCUT2D eigenvalue weighted by Gasteiger charge is -2.26. The summed E-state index contributed by atoms with van der Waals surface area (Å²) in [6, 6.07) is 7.19. The van der Waals surface area contributed by atoms with Crippen LogP contribution in [0.1, 0.15) is 20.8 Å². The maximum atomic E-state index is 13.0. The smallest absolute Gasteiger partial charge is 0.265 e. The molecule has 7 nitrogen and oxygen atoms in total. The summed E-state index contributed by atoms with van der Waals surface area (Å²) in [5.74, 6) is 0.666. The fourth-order valence-electron chi connectivity index (χ4n) is 3.23. The summed E-state index contributed by atoms with van der Waals surface area (Å²) >= 11 is 2.79. The molecule has 3 rings (SSSR count). The number of nitrogens with one attached hydrogen (secondary N) is 1. The van der Waals surface area contributed by atoms with Crippen molar-refractivity contribution in [1.82, 2.24) is 9.21 Å². The number of anilines is 1. The maximum absolute atomic E-state index is 13.0. The Morgan fingerprint density at radius 3 is 2.40 bits per heavy atom. The van der Waals surface area contributed by atoms with Crippen LogP contribution in [0.25, 0.3) is 0 Å². The topological polar surface area (TPSA) is 86.8 Å². The normalized spacial score (nSPS) is 15.0. The molecule has 0 radical (unpaired) electrons. The van der Waals surface area contributed by atoms with E-state index in [1.165, 1.54) is 22.3 Å². The first kappa shape index (κ1) is 22.8. The summed E-state index contributed by atoms with van der Waals surface area (Å²) in [6.45, 7) is 4.50. The maximum Gasteiger partial charge on any atom is 0.265 e. The predicted octanol–water partition coefficient (Wildman–Crippen LogP) is 2.81. The highest BCUT2D eigenvalue weighted by atomic mass is 32.2. The summed E-state index contributed by atoms with van der Waals surface area (Å²) in [4.78, 5) is 26.9. The summed E-state index contributed by atoms with van der Waals surface area (Å²) < 4.78 is 27.4. The number of carbonyl (C=O) groups excluding carboxylic acids is 2. The van der Waals surface area contributed by atoms with Gasteiger partial charge in [0.1, 0.15) is 9.77 Å². The number of nitrogens with zero attached hydrogens (tertiary/aromatic N) is 2. The number of sulfonamides is 1. The molecule has 2 amide bonds. The number of hydrogen-bond donors (Lipinski definition) is 1. The number of hydrogen-bond acceptors (Lipinski definition) is 6. The minimum Gasteiger partial charge on any atom is -0.332 e. The fraction of sp³-hybridized carbons (Fsp3) is 0.400. The Bertz CT molecular complexity index is 1020. The molecule has 0 bridgehead atoms. The third-order valence-electron chi connectivity index (χ3n) is 4.88. The van der Waals surface area contributed by atoms with E-state index in [9.17, 15) is 18.0 Å². The van der Waals surface area contributed by atoms with Gasteiger partial charge in [0.2, 0.25) is 15.9 Å². The standard InChI is InChI=1S/C20H25N3O4S3/c1-14-5-4-6-15(2)18(14)21-17(24)13-22(3)20(25)19-16(7-10-29-19)30(26,27)23-8-11-28-12-9-23/h4-7,10H,8-9,11-13H2,1-3H3,(H,21,24). The minimum atomic E-state index is -3.73. The zero-order valence-electron chi connectivity index (χ0n) is 17.2. The van der Waals surface area contributed by atoms with E-state index in [1.54, 1.807) is 17.1 Å². The molecule has 1 fully saturated rings. The largest absolute Gasteiger partial charge is 0.332 e.